The predicted molar refractivity (Wildman–Crippen MR) is 60.9 cm³/mol. The lowest BCUT2D eigenvalue weighted by molar-refractivity contribution is -0.122. The summed E-state index contributed by atoms with van der Waals surface area (Å²) >= 11 is 5.48. The lowest BCUT2D eigenvalue weighted by Crippen LogP contribution is -2.30. The fourth-order valence-electron chi connectivity index (χ4n) is 1.07. The molecule has 0 rings (SSSR count). The maximum absolute atomic E-state index is 11.2. The van der Waals surface area contributed by atoms with Crippen LogP contribution in [-0.4, -0.2) is 30.8 Å². The van der Waals surface area contributed by atoms with Crippen LogP contribution in [0.4, 0.5) is 0 Å². The van der Waals surface area contributed by atoms with Crippen molar-refractivity contribution in [2.45, 2.75) is 32.6 Å². The Morgan fingerprint density at radius 3 is 2.33 bits per heavy atom. The van der Waals surface area contributed by atoms with Crippen LogP contribution in [0.2, 0.25) is 0 Å². The molecular weight excluding hydrogens is 216 g/mol. The number of alkyl halides is 1. The Morgan fingerprint density at radius 1 is 1.07 bits per heavy atom. The summed E-state index contributed by atoms with van der Waals surface area (Å²) in [7, 11) is 0. The molecule has 88 valence electrons. The smallest absolute Gasteiger partial charge is 0.221 e. The van der Waals surface area contributed by atoms with Crippen LogP contribution in [-0.2, 0) is 9.59 Å². The molecule has 0 fully saturated rings. The molecule has 2 N–H and O–H groups in total. The van der Waals surface area contributed by atoms with Crippen LogP contribution in [0.15, 0.2) is 0 Å². The van der Waals surface area contributed by atoms with Gasteiger partial charge in [-0.05, 0) is 19.8 Å². The van der Waals surface area contributed by atoms with Crippen LogP contribution in [0.5, 0.6) is 0 Å². The van der Waals surface area contributed by atoms with Crippen molar-refractivity contribution >= 4 is 23.4 Å². The molecule has 0 saturated heterocycles. The van der Waals surface area contributed by atoms with Crippen molar-refractivity contribution in [1.29, 1.82) is 0 Å². The lowest BCUT2D eigenvalue weighted by atomic mass is 10.2. The molecule has 0 saturated carbocycles. The largest absolute Gasteiger partial charge is 0.356 e. The van der Waals surface area contributed by atoms with Gasteiger partial charge < -0.3 is 10.6 Å². The quantitative estimate of drug-likeness (QED) is 0.487. The summed E-state index contributed by atoms with van der Waals surface area (Å²) in [5.74, 6) is 0.551. The van der Waals surface area contributed by atoms with Crippen molar-refractivity contribution in [1.82, 2.24) is 10.6 Å². The van der Waals surface area contributed by atoms with E-state index >= 15 is 0 Å². The molecular formula is C10H19ClN2O2. The number of hydrogen-bond donors (Lipinski definition) is 2. The van der Waals surface area contributed by atoms with Gasteiger partial charge in [0.05, 0.1) is 0 Å². The van der Waals surface area contributed by atoms with Crippen LogP contribution in [0.3, 0.4) is 0 Å². The summed E-state index contributed by atoms with van der Waals surface area (Å²) in [6.07, 6.45) is 2.49. The lowest BCUT2D eigenvalue weighted by Gasteiger charge is -2.04. The summed E-state index contributed by atoms with van der Waals surface area (Å²) in [6.45, 7) is 2.90. The van der Waals surface area contributed by atoms with E-state index in [0.717, 1.165) is 12.8 Å². The number of nitrogens with one attached hydrogen (secondary N) is 2. The van der Waals surface area contributed by atoms with E-state index in [1.165, 1.54) is 0 Å². The highest BCUT2D eigenvalue weighted by atomic mass is 35.5. The number of amides is 2. The predicted octanol–water partition coefficient (Wildman–Crippen LogP) is 1.04. The van der Waals surface area contributed by atoms with E-state index in [2.05, 4.69) is 10.6 Å². The first kappa shape index (κ1) is 14.2. The van der Waals surface area contributed by atoms with Gasteiger partial charge in [0.15, 0.2) is 0 Å². The molecule has 0 aliphatic carbocycles. The van der Waals surface area contributed by atoms with E-state index in [-0.39, 0.29) is 11.8 Å². The summed E-state index contributed by atoms with van der Waals surface area (Å²) < 4.78 is 0. The van der Waals surface area contributed by atoms with Gasteiger partial charge in [0.1, 0.15) is 0 Å². The van der Waals surface area contributed by atoms with Gasteiger partial charge in [-0.2, -0.15) is 0 Å². The molecule has 0 atom stereocenters. The minimum atomic E-state index is -0.0291. The standard InChI is InChI=1S/C10H19ClN2O2/c1-2-12-10(15)6-8-13-9(14)5-3-4-7-11/h2-8H2,1H3,(H,12,15)(H,13,14). The van der Waals surface area contributed by atoms with Gasteiger partial charge in [0, 0.05) is 31.8 Å². The number of carbonyl (C=O) groups excluding carboxylic acids is 2. The molecule has 5 heteroatoms. The zero-order valence-electron chi connectivity index (χ0n) is 9.14. The molecule has 0 bridgehead atoms. The molecule has 15 heavy (non-hydrogen) atoms. The maximum atomic E-state index is 11.2. The molecule has 0 aliphatic rings. The second kappa shape index (κ2) is 9.77. The van der Waals surface area contributed by atoms with Crippen LogP contribution in [0.1, 0.15) is 32.6 Å². The zero-order chi connectivity index (χ0) is 11.5. The second-order valence-corrected chi connectivity index (χ2v) is 3.58. The molecule has 0 aromatic rings. The average molecular weight is 235 g/mol. The fraction of sp³-hybridized carbons (Fsp3) is 0.800. The molecule has 4 nitrogen and oxygen atoms in total. The van der Waals surface area contributed by atoms with E-state index in [0.29, 0.717) is 31.8 Å². The number of carbonyl (C=O) groups is 2. The van der Waals surface area contributed by atoms with E-state index < -0.39 is 0 Å². The van der Waals surface area contributed by atoms with Crippen molar-refractivity contribution < 1.29 is 9.59 Å². The minimum absolute atomic E-state index is 0.00980. The third-order valence-electron chi connectivity index (χ3n) is 1.84. The van der Waals surface area contributed by atoms with Crippen molar-refractivity contribution in [3.05, 3.63) is 0 Å². The number of unbranched alkanes of at least 4 members (excludes halogenated alkanes) is 1. The minimum Gasteiger partial charge on any atom is -0.356 e. The van der Waals surface area contributed by atoms with Crippen molar-refractivity contribution in [2.75, 3.05) is 19.0 Å². The molecule has 0 aromatic heterocycles. The first-order valence-electron chi connectivity index (χ1n) is 5.30. The van der Waals surface area contributed by atoms with E-state index in [1.807, 2.05) is 6.92 Å². The zero-order valence-corrected chi connectivity index (χ0v) is 9.90. The Bertz CT molecular complexity index is 198. The maximum Gasteiger partial charge on any atom is 0.221 e. The summed E-state index contributed by atoms with van der Waals surface area (Å²) in [5.41, 5.74) is 0. The average Bonchev–Trinajstić information content (AvgIpc) is 2.18. The number of hydrogen-bond acceptors (Lipinski definition) is 2. The molecule has 0 unspecified atom stereocenters. The highest BCUT2D eigenvalue weighted by Gasteiger charge is 2.02. The highest BCUT2D eigenvalue weighted by Crippen LogP contribution is 1.96. The Kier molecular flexibility index (Phi) is 9.27. The molecule has 0 heterocycles. The van der Waals surface area contributed by atoms with Crippen LogP contribution in [0, 0.1) is 0 Å². The Labute approximate surface area is 95.7 Å². The molecule has 0 aliphatic heterocycles. The first-order valence-corrected chi connectivity index (χ1v) is 5.83. The number of rotatable bonds is 8. The van der Waals surface area contributed by atoms with E-state index in [9.17, 15) is 9.59 Å². The van der Waals surface area contributed by atoms with Gasteiger partial charge in [0.25, 0.3) is 0 Å². The topological polar surface area (TPSA) is 58.2 Å². The van der Waals surface area contributed by atoms with Crippen LogP contribution < -0.4 is 10.6 Å². The first-order chi connectivity index (χ1) is 7.20. The Balaban J connectivity index is 3.34. The van der Waals surface area contributed by atoms with E-state index in [1.54, 1.807) is 0 Å². The highest BCUT2D eigenvalue weighted by molar-refractivity contribution is 6.17. The van der Waals surface area contributed by atoms with Crippen molar-refractivity contribution in [3.63, 3.8) is 0 Å². The van der Waals surface area contributed by atoms with Gasteiger partial charge in [-0.3, -0.25) is 9.59 Å². The van der Waals surface area contributed by atoms with E-state index in [4.69, 9.17) is 11.6 Å². The van der Waals surface area contributed by atoms with Gasteiger partial charge in [-0.15, -0.1) is 11.6 Å². The summed E-state index contributed by atoms with van der Waals surface area (Å²) in [4.78, 5) is 22.2. The summed E-state index contributed by atoms with van der Waals surface area (Å²) in [5, 5.41) is 5.35. The Morgan fingerprint density at radius 2 is 1.73 bits per heavy atom. The second-order valence-electron chi connectivity index (χ2n) is 3.20. The van der Waals surface area contributed by atoms with Gasteiger partial charge in [-0.1, -0.05) is 0 Å². The molecule has 2 amide bonds. The Hall–Kier alpha value is -0.770. The van der Waals surface area contributed by atoms with Crippen molar-refractivity contribution in [2.24, 2.45) is 0 Å². The fourth-order valence-corrected chi connectivity index (χ4v) is 1.26. The molecule has 0 spiro atoms. The summed E-state index contributed by atoms with van der Waals surface area (Å²) in [6, 6.07) is 0. The van der Waals surface area contributed by atoms with Crippen LogP contribution in [0.25, 0.3) is 0 Å². The monoisotopic (exact) mass is 234 g/mol. The normalized spacial score (nSPS) is 9.73. The van der Waals surface area contributed by atoms with Crippen molar-refractivity contribution in [3.8, 4) is 0 Å². The third-order valence-corrected chi connectivity index (χ3v) is 2.10. The third kappa shape index (κ3) is 9.53. The SMILES string of the molecule is CCNC(=O)CCNC(=O)CCCCCl. The molecule has 0 aromatic carbocycles. The van der Waals surface area contributed by atoms with Crippen LogP contribution >= 0.6 is 11.6 Å². The molecule has 0 radical (unpaired) electrons. The van der Waals surface area contributed by atoms with Gasteiger partial charge in [0.2, 0.25) is 11.8 Å². The van der Waals surface area contributed by atoms with Gasteiger partial charge >= 0.3 is 0 Å². The van der Waals surface area contributed by atoms with Gasteiger partial charge in [-0.25, -0.2) is 0 Å². The number of halogens is 1.